The Morgan fingerprint density at radius 3 is 2.50 bits per heavy atom. The highest BCUT2D eigenvalue weighted by Gasteiger charge is 2.01. The summed E-state index contributed by atoms with van der Waals surface area (Å²) >= 11 is 5.06. The van der Waals surface area contributed by atoms with Gasteiger partial charge in [-0.3, -0.25) is 5.10 Å². The molecule has 0 aliphatic rings. The van der Waals surface area contributed by atoms with E-state index < -0.39 is 0 Å². The van der Waals surface area contributed by atoms with E-state index in [4.69, 9.17) is 17.0 Å². The Labute approximate surface area is 99.1 Å². The van der Waals surface area contributed by atoms with E-state index in [0.29, 0.717) is 4.64 Å². The maximum atomic E-state index is 5.10. The van der Waals surface area contributed by atoms with E-state index in [1.54, 1.807) is 7.11 Å². The summed E-state index contributed by atoms with van der Waals surface area (Å²) in [6.07, 6.45) is 0. The van der Waals surface area contributed by atoms with Gasteiger partial charge in [0.15, 0.2) is 0 Å². The van der Waals surface area contributed by atoms with Gasteiger partial charge in [0.05, 0.1) is 12.8 Å². The van der Waals surface area contributed by atoms with Crippen LogP contribution in [0.15, 0.2) is 30.3 Å². The van der Waals surface area contributed by atoms with Gasteiger partial charge in [0.25, 0.3) is 0 Å². The highest BCUT2D eigenvalue weighted by molar-refractivity contribution is 7.71. The predicted molar refractivity (Wildman–Crippen MR) is 66.1 cm³/mol. The lowest BCUT2D eigenvalue weighted by Gasteiger charge is -2.03. The minimum atomic E-state index is 0.678. The molecule has 4 heteroatoms. The largest absolute Gasteiger partial charge is 0.497 e. The van der Waals surface area contributed by atoms with E-state index in [1.165, 1.54) is 0 Å². The van der Waals surface area contributed by atoms with Gasteiger partial charge in [0, 0.05) is 5.56 Å². The van der Waals surface area contributed by atoms with Crippen LogP contribution in [0.4, 0.5) is 0 Å². The molecular weight excluding hydrogens is 220 g/mol. The summed E-state index contributed by atoms with van der Waals surface area (Å²) < 4.78 is 5.78. The fourth-order valence-electron chi connectivity index (χ4n) is 1.41. The molecule has 1 heterocycles. The van der Waals surface area contributed by atoms with Crippen molar-refractivity contribution in [1.82, 2.24) is 10.2 Å². The molecule has 0 fully saturated rings. The third-order valence-corrected chi connectivity index (χ3v) is 2.79. The predicted octanol–water partition coefficient (Wildman–Crippen LogP) is 3.12. The van der Waals surface area contributed by atoms with Crippen LogP contribution in [0.25, 0.3) is 11.3 Å². The highest BCUT2D eigenvalue weighted by atomic mass is 32.1. The number of aromatic nitrogens is 2. The monoisotopic (exact) mass is 232 g/mol. The lowest BCUT2D eigenvalue weighted by molar-refractivity contribution is 0.415. The van der Waals surface area contributed by atoms with Crippen LogP contribution >= 0.6 is 12.2 Å². The zero-order chi connectivity index (χ0) is 11.5. The minimum absolute atomic E-state index is 0.678. The van der Waals surface area contributed by atoms with Crippen LogP contribution in [-0.4, -0.2) is 17.3 Å². The first-order valence-corrected chi connectivity index (χ1v) is 5.32. The Morgan fingerprint density at radius 1 is 1.25 bits per heavy atom. The molecule has 0 spiro atoms. The number of H-pyrrole nitrogens is 1. The second kappa shape index (κ2) is 4.45. The number of hydrogen-bond acceptors (Lipinski definition) is 3. The maximum absolute atomic E-state index is 5.10. The first-order chi connectivity index (χ1) is 7.70. The average molecular weight is 232 g/mol. The van der Waals surface area contributed by atoms with Crippen molar-refractivity contribution in [2.24, 2.45) is 0 Å². The molecule has 82 valence electrons. The molecule has 3 nitrogen and oxygen atoms in total. The van der Waals surface area contributed by atoms with Crippen LogP contribution in [0, 0.1) is 11.6 Å². The van der Waals surface area contributed by atoms with Gasteiger partial charge in [0.1, 0.15) is 10.4 Å². The number of aromatic amines is 1. The highest BCUT2D eigenvalue weighted by Crippen LogP contribution is 2.20. The van der Waals surface area contributed by atoms with Crippen molar-refractivity contribution in [3.05, 3.63) is 40.5 Å². The summed E-state index contributed by atoms with van der Waals surface area (Å²) in [4.78, 5) is 0. The van der Waals surface area contributed by atoms with Crippen LogP contribution in [0.5, 0.6) is 5.75 Å². The lowest BCUT2D eigenvalue weighted by Crippen LogP contribution is -1.90. The van der Waals surface area contributed by atoms with Gasteiger partial charge in [-0.15, -0.1) is 0 Å². The number of nitrogens with zero attached hydrogens (tertiary/aromatic N) is 1. The molecule has 0 saturated carbocycles. The molecule has 0 aliphatic heterocycles. The SMILES string of the molecule is COc1ccc(-c2cc(C)c(=S)[nH]n2)cc1. The molecule has 0 amide bonds. The van der Waals surface area contributed by atoms with Crippen molar-refractivity contribution in [1.29, 1.82) is 0 Å². The Bertz CT molecular complexity index is 546. The van der Waals surface area contributed by atoms with Crippen molar-refractivity contribution < 1.29 is 4.74 Å². The Balaban J connectivity index is 2.42. The van der Waals surface area contributed by atoms with Crippen LogP contribution in [-0.2, 0) is 0 Å². The van der Waals surface area contributed by atoms with Crippen LogP contribution < -0.4 is 4.74 Å². The van der Waals surface area contributed by atoms with E-state index in [0.717, 1.165) is 22.6 Å². The van der Waals surface area contributed by atoms with E-state index in [1.807, 2.05) is 37.3 Å². The number of nitrogens with one attached hydrogen (secondary N) is 1. The summed E-state index contributed by atoms with van der Waals surface area (Å²) in [6.45, 7) is 1.97. The molecule has 1 N–H and O–H groups in total. The molecule has 1 aromatic carbocycles. The number of aryl methyl sites for hydroxylation is 1. The summed E-state index contributed by atoms with van der Waals surface area (Å²) in [7, 11) is 1.65. The third kappa shape index (κ3) is 2.12. The molecule has 2 aromatic rings. The van der Waals surface area contributed by atoms with Crippen molar-refractivity contribution in [3.8, 4) is 17.0 Å². The number of hydrogen-bond donors (Lipinski definition) is 1. The second-order valence-corrected chi connectivity index (χ2v) is 3.90. The van der Waals surface area contributed by atoms with Crippen molar-refractivity contribution in [2.75, 3.05) is 7.11 Å². The molecular formula is C12H12N2OS. The van der Waals surface area contributed by atoms with Crippen LogP contribution in [0.3, 0.4) is 0 Å². The summed E-state index contributed by atoms with van der Waals surface area (Å²) in [5, 5.41) is 7.02. The van der Waals surface area contributed by atoms with Crippen LogP contribution in [0.1, 0.15) is 5.56 Å². The van der Waals surface area contributed by atoms with Gasteiger partial charge < -0.3 is 4.74 Å². The molecule has 0 saturated heterocycles. The minimum Gasteiger partial charge on any atom is -0.497 e. The van der Waals surface area contributed by atoms with Gasteiger partial charge in [-0.25, -0.2) is 0 Å². The van der Waals surface area contributed by atoms with Crippen molar-refractivity contribution in [2.45, 2.75) is 6.92 Å². The smallest absolute Gasteiger partial charge is 0.122 e. The standard InChI is InChI=1S/C12H12N2OS/c1-8-7-11(13-14-12(8)16)9-3-5-10(15-2)6-4-9/h3-7H,1-2H3,(H,14,16). The van der Waals surface area contributed by atoms with E-state index in [9.17, 15) is 0 Å². The summed E-state index contributed by atoms with van der Waals surface area (Å²) in [5.74, 6) is 0.837. The molecule has 0 radical (unpaired) electrons. The summed E-state index contributed by atoms with van der Waals surface area (Å²) in [5.41, 5.74) is 2.94. The quantitative estimate of drug-likeness (QED) is 0.808. The van der Waals surface area contributed by atoms with Gasteiger partial charge in [-0.05, 0) is 42.8 Å². The molecule has 16 heavy (non-hydrogen) atoms. The molecule has 1 aromatic heterocycles. The second-order valence-electron chi connectivity index (χ2n) is 3.49. The average Bonchev–Trinajstić information content (AvgIpc) is 2.33. The van der Waals surface area contributed by atoms with Crippen molar-refractivity contribution >= 4 is 12.2 Å². The number of methoxy groups -OCH3 is 1. The van der Waals surface area contributed by atoms with E-state index in [-0.39, 0.29) is 0 Å². The zero-order valence-corrected chi connectivity index (χ0v) is 9.97. The van der Waals surface area contributed by atoms with Gasteiger partial charge in [-0.2, -0.15) is 5.10 Å². The topological polar surface area (TPSA) is 37.9 Å². The molecule has 0 atom stereocenters. The number of ether oxygens (including phenoxy) is 1. The van der Waals surface area contributed by atoms with Gasteiger partial charge in [0.2, 0.25) is 0 Å². The lowest BCUT2D eigenvalue weighted by atomic mass is 10.1. The fraction of sp³-hybridized carbons (Fsp3) is 0.167. The molecule has 2 rings (SSSR count). The molecule has 0 bridgehead atoms. The number of benzene rings is 1. The fourth-order valence-corrected chi connectivity index (χ4v) is 1.52. The van der Waals surface area contributed by atoms with Crippen LogP contribution in [0.2, 0.25) is 0 Å². The third-order valence-electron chi connectivity index (χ3n) is 2.38. The Hall–Kier alpha value is -1.68. The zero-order valence-electron chi connectivity index (χ0n) is 9.15. The van der Waals surface area contributed by atoms with Gasteiger partial charge in [-0.1, -0.05) is 12.2 Å². The number of rotatable bonds is 2. The van der Waals surface area contributed by atoms with Gasteiger partial charge >= 0.3 is 0 Å². The Kier molecular flexibility index (Phi) is 3.01. The normalized spacial score (nSPS) is 10.1. The first kappa shape index (κ1) is 10.8. The molecule has 0 unspecified atom stereocenters. The van der Waals surface area contributed by atoms with E-state index >= 15 is 0 Å². The van der Waals surface area contributed by atoms with Crippen molar-refractivity contribution in [3.63, 3.8) is 0 Å². The Morgan fingerprint density at radius 2 is 1.94 bits per heavy atom. The molecule has 0 aliphatic carbocycles. The summed E-state index contributed by atoms with van der Waals surface area (Å²) in [6, 6.07) is 9.73. The van der Waals surface area contributed by atoms with E-state index in [2.05, 4.69) is 10.2 Å². The maximum Gasteiger partial charge on any atom is 0.122 e. The first-order valence-electron chi connectivity index (χ1n) is 4.91.